The molecule has 0 radical (unpaired) electrons. The molecule has 0 saturated heterocycles. The number of primary amides is 1. The van der Waals surface area contributed by atoms with Gasteiger partial charge in [0.05, 0.1) is 0 Å². The minimum atomic E-state index is -0.812. The quantitative estimate of drug-likeness (QED) is 0.828. The van der Waals surface area contributed by atoms with Crippen LogP contribution in [0.4, 0.5) is 4.79 Å². The number of carbonyl (C=O) groups excluding carboxylic acids is 2. The Balaban J connectivity index is 2.68. The number of amides is 2. The van der Waals surface area contributed by atoms with Crippen LogP contribution in [0.25, 0.3) is 0 Å². The molecule has 5 nitrogen and oxygen atoms in total. The number of hydrogen-bond acceptors (Lipinski definition) is 3. The summed E-state index contributed by atoms with van der Waals surface area (Å²) in [6.07, 6.45) is -0.812. The van der Waals surface area contributed by atoms with Crippen molar-refractivity contribution >= 4 is 12.0 Å². The summed E-state index contributed by atoms with van der Waals surface area (Å²) in [5.74, 6) is -0.0673. The molecule has 0 atom stereocenters. The highest BCUT2D eigenvalue weighted by atomic mass is 16.5. The lowest BCUT2D eigenvalue weighted by Gasteiger charge is -2.10. The smallest absolute Gasteiger partial charge is 0.404 e. The van der Waals surface area contributed by atoms with Crippen LogP contribution in [0.5, 0.6) is 0 Å². The maximum Gasteiger partial charge on any atom is 0.404 e. The van der Waals surface area contributed by atoms with Gasteiger partial charge in [-0.3, -0.25) is 4.79 Å². The SMILES string of the molecule is CN(C)C(=O)c1ccc(COC(N)=O)cc1. The van der Waals surface area contributed by atoms with Crippen molar-refractivity contribution in [3.63, 3.8) is 0 Å². The Kier molecular flexibility index (Phi) is 3.88. The molecule has 0 spiro atoms. The lowest BCUT2D eigenvalue weighted by molar-refractivity contribution is 0.0827. The molecule has 0 aliphatic heterocycles. The fraction of sp³-hybridized carbons (Fsp3) is 0.273. The first-order chi connectivity index (χ1) is 7.50. The Hall–Kier alpha value is -2.04. The van der Waals surface area contributed by atoms with Gasteiger partial charge in [-0.1, -0.05) is 12.1 Å². The molecule has 0 aliphatic rings. The first-order valence-corrected chi connectivity index (χ1v) is 4.73. The molecule has 0 aliphatic carbocycles. The summed E-state index contributed by atoms with van der Waals surface area (Å²) >= 11 is 0. The van der Waals surface area contributed by atoms with Gasteiger partial charge in [-0.05, 0) is 17.7 Å². The number of carbonyl (C=O) groups is 2. The third-order valence-electron chi connectivity index (χ3n) is 1.99. The van der Waals surface area contributed by atoms with Crippen LogP contribution in [-0.2, 0) is 11.3 Å². The van der Waals surface area contributed by atoms with Crippen molar-refractivity contribution < 1.29 is 14.3 Å². The highest BCUT2D eigenvalue weighted by Gasteiger charge is 2.07. The largest absolute Gasteiger partial charge is 0.445 e. The monoisotopic (exact) mass is 222 g/mol. The van der Waals surface area contributed by atoms with E-state index in [4.69, 9.17) is 5.73 Å². The number of ether oxygens (including phenoxy) is 1. The van der Waals surface area contributed by atoms with Gasteiger partial charge >= 0.3 is 6.09 Å². The van der Waals surface area contributed by atoms with Crippen LogP contribution < -0.4 is 5.73 Å². The summed E-state index contributed by atoms with van der Waals surface area (Å²) in [7, 11) is 3.37. The Bertz CT molecular complexity index is 385. The van der Waals surface area contributed by atoms with Gasteiger partial charge in [0.25, 0.3) is 5.91 Å². The fourth-order valence-electron chi connectivity index (χ4n) is 1.16. The molecular formula is C11H14N2O3. The second-order valence-electron chi connectivity index (χ2n) is 3.50. The van der Waals surface area contributed by atoms with Crippen LogP contribution >= 0.6 is 0 Å². The van der Waals surface area contributed by atoms with Crippen molar-refractivity contribution in [1.82, 2.24) is 4.90 Å². The number of benzene rings is 1. The summed E-state index contributed by atoms with van der Waals surface area (Å²) in [6.45, 7) is 0.117. The molecule has 2 N–H and O–H groups in total. The van der Waals surface area contributed by atoms with E-state index < -0.39 is 6.09 Å². The molecule has 2 amide bonds. The summed E-state index contributed by atoms with van der Waals surface area (Å²) in [4.78, 5) is 23.4. The van der Waals surface area contributed by atoms with Crippen molar-refractivity contribution in [3.05, 3.63) is 35.4 Å². The third-order valence-corrected chi connectivity index (χ3v) is 1.99. The molecule has 0 fully saturated rings. The van der Waals surface area contributed by atoms with Crippen LogP contribution in [0.15, 0.2) is 24.3 Å². The van der Waals surface area contributed by atoms with E-state index >= 15 is 0 Å². The molecule has 0 unspecified atom stereocenters. The predicted octanol–water partition coefficient (Wildman–Crippen LogP) is 0.984. The zero-order chi connectivity index (χ0) is 12.1. The minimum absolute atomic E-state index is 0.0673. The van der Waals surface area contributed by atoms with E-state index in [-0.39, 0.29) is 12.5 Å². The number of hydrogen-bond donors (Lipinski definition) is 1. The highest BCUT2D eigenvalue weighted by molar-refractivity contribution is 5.93. The number of nitrogens with zero attached hydrogens (tertiary/aromatic N) is 1. The van der Waals surface area contributed by atoms with Crippen LogP contribution in [0.3, 0.4) is 0 Å². The Morgan fingerprint density at radius 1 is 1.25 bits per heavy atom. The van der Waals surface area contributed by atoms with E-state index in [1.165, 1.54) is 4.90 Å². The van der Waals surface area contributed by atoms with Crippen LogP contribution in [0.1, 0.15) is 15.9 Å². The molecule has 0 saturated carbocycles. The van der Waals surface area contributed by atoms with E-state index in [2.05, 4.69) is 4.74 Å². The van der Waals surface area contributed by atoms with Crippen molar-refractivity contribution in [1.29, 1.82) is 0 Å². The third kappa shape index (κ3) is 3.27. The molecular weight excluding hydrogens is 208 g/mol. The lowest BCUT2D eigenvalue weighted by atomic mass is 10.1. The normalized spacial score (nSPS) is 9.62. The summed E-state index contributed by atoms with van der Waals surface area (Å²) < 4.78 is 4.62. The van der Waals surface area contributed by atoms with Gasteiger partial charge in [-0.15, -0.1) is 0 Å². The summed E-state index contributed by atoms with van der Waals surface area (Å²) in [5, 5.41) is 0. The van der Waals surface area contributed by atoms with Gasteiger partial charge in [-0.2, -0.15) is 0 Å². The predicted molar refractivity (Wildman–Crippen MR) is 58.8 cm³/mol. The highest BCUT2D eigenvalue weighted by Crippen LogP contribution is 2.07. The molecule has 1 aromatic rings. The van der Waals surface area contributed by atoms with Crippen molar-refractivity contribution in [2.45, 2.75) is 6.61 Å². The average Bonchev–Trinajstić information content (AvgIpc) is 2.26. The first kappa shape index (κ1) is 12.0. The average molecular weight is 222 g/mol. The van der Waals surface area contributed by atoms with Gasteiger partial charge in [0.2, 0.25) is 0 Å². The Morgan fingerprint density at radius 2 is 1.81 bits per heavy atom. The molecule has 0 aromatic heterocycles. The Labute approximate surface area is 93.8 Å². The molecule has 0 bridgehead atoms. The number of rotatable bonds is 3. The van der Waals surface area contributed by atoms with Gasteiger partial charge < -0.3 is 15.4 Å². The minimum Gasteiger partial charge on any atom is -0.445 e. The summed E-state index contributed by atoms with van der Waals surface area (Å²) in [5.41, 5.74) is 6.21. The molecule has 16 heavy (non-hydrogen) atoms. The van der Waals surface area contributed by atoms with Gasteiger partial charge in [0.15, 0.2) is 0 Å². The zero-order valence-corrected chi connectivity index (χ0v) is 9.27. The van der Waals surface area contributed by atoms with E-state index in [0.29, 0.717) is 5.56 Å². The fourth-order valence-corrected chi connectivity index (χ4v) is 1.16. The second kappa shape index (κ2) is 5.16. The standard InChI is InChI=1S/C11H14N2O3/c1-13(2)10(14)9-5-3-8(4-6-9)7-16-11(12)15/h3-6H,7H2,1-2H3,(H2,12,15). The molecule has 0 heterocycles. The number of nitrogens with two attached hydrogens (primary N) is 1. The lowest BCUT2D eigenvalue weighted by Crippen LogP contribution is -2.21. The zero-order valence-electron chi connectivity index (χ0n) is 9.27. The van der Waals surface area contributed by atoms with Crippen LogP contribution in [-0.4, -0.2) is 31.0 Å². The molecule has 5 heteroatoms. The maximum atomic E-state index is 11.5. The maximum absolute atomic E-state index is 11.5. The van der Waals surface area contributed by atoms with Crippen molar-refractivity contribution in [2.24, 2.45) is 5.73 Å². The van der Waals surface area contributed by atoms with Crippen LogP contribution in [0.2, 0.25) is 0 Å². The molecule has 1 rings (SSSR count). The van der Waals surface area contributed by atoms with E-state index in [0.717, 1.165) is 5.56 Å². The van der Waals surface area contributed by atoms with E-state index in [9.17, 15) is 9.59 Å². The Morgan fingerprint density at radius 3 is 2.25 bits per heavy atom. The van der Waals surface area contributed by atoms with E-state index in [1.807, 2.05) is 0 Å². The van der Waals surface area contributed by atoms with Gasteiger partial charge in [-0.25, -0.2) is 4.79 Å². The second-order valence-corrected chi connectivity index (χ2v) is 3.50. The van der Waals surface area contributed by atoms with Gasteiger partial charge in [0.1, 0.15) is 6.61 Å². The summed E-state index contributed by atoms with van der Waals surface area (Å²) in [6, 6.07) is 6.81. The first-order valence-electron chi connectivity index (χ1n) is 4.73. The van der Waals surface area contributed by atoms with E-state index in [1.54, 1.807) is 38.4 Å². The van der Waals surface area contributed by atoms with Gasteiger partial charge in [0, 0.05) is 19.7 Å². The topological polar surface area (TPSA) is 72.6 Å². The van der Waals surface area contributed by atoms with Crippen molar-refractivity contribution in [2.75, 3.05) is 14.1 Å². The molecule has 86 valence electrons. The van der Waals surface area contributed by atoms with Crippen LogP contribution in [0, 0.1) is 0 Å². The van der Waals surface area contributed by atoms with Crippen molar-refractivity contribution in [3.8, 4) is 0 Å². The molecule has 1 aromatic carbocycles.